The van der Waals surface area contributed by atoms with Crippen molar-refractivity contribution in [3.63, 3.8) is 0 Å². The summed E-state index contributed by atoms with van der Waals surface area (Å²) in [5.41, 5.74) is -0.907. The lowest BCUT2D eigenvalue weighted by molar-refractivity contribution is -0.193. The van der Waals surface area contributed by atoms with Crippen molar-refractivity contribution in [3.05, 3.63) is 70.8 Å². The highest BCUT2D eigenvalue weighted by Gasteiger charge is 2.73. The van der Waals surface area contributed by atoms with Crippen LogP contribution in [0.1, 0.15) is 97.1 Å². The molecule has 2 aliphatic heterocycles. The van der Waals surface area contributed by atoms with Gasteiger partial charge in [-0.2, -0.15) is 0 Å². The van der Waals surface area contributed by atoms with Gasteiger partial charge in [-0.15, -0.1) is 0 Å². The van der Waals surface area contributed by atoms with E-state index in [1.54, 1.807) is 0 Å². The molecule has 0 bridgehead atoms. The van der Waals surface area contributed by atoms with Crippen molar-refractivity contribution in [2.75, 3.05) is 0 Å². The highest BCUT2D eigenvalue weighted by atomic mass is 32.2. The lowest BCUT2D eigenvalue weighted by Gasteiger charge is -2.35. The van der Waals surface area contributed by atoms with E-state index in [1.807, 2.05) is 13.8 Å². The fourth-order valence-corrected chi connectivity index (χ4v) is 6.66. The minimum Gasteiger partial charge on any atom is -0.404 e. The summed E-state index contributed by atoms with van der Waals surface area (Å²) in [6.07, 6.45) is 3.41. The number of rotatable bonds is 12. The summed E-state index contributed by atoms with van der Waals surface area (Å²) >= 11 is 0. The van der Waals surface area contributed by atoms with E-state index in [4.69, 9.17) is 18.9 Å². The first-order valence-corrected chi connectivity index (χ1v) is 14.5. The third-order valence-corrected chi connectivity index (χ3v) is 8.77. The predicted molar refractivity (Wildman–Crippen MR) is 136 cm³/mol. The quantitative estimate of drug-likeness (QED) is 0.268. The Morgan fingerprint density at radius 3 is 1.46 bits per heavy atom. The summed E-state index contributed by atoms with van der Waals surface area (Å²) in [6, 6.07) is 11.0. The summed E-state index contributed by atoms with van der Waals surface area (Å²) in [7, 11) is -5.38. The standard InChI is InChI=1S/C28H30O10S/c1-3-5-7-17-23(29)35-27(21-15-11-9-13-19(21)25(31)37-27)39(33,34)28(36-24(30)18-8-6-4-2)22-16-12-10-14-20(22)26(32)38-28/h9-16H,3-8,17-18H2,1-2H3. The molecule has 208 valence electrons. The summed E-state index contributed by atoms with van der Waals surface area (Å²) < 4.78 is 51.2. The Kier molecular flexibility index (Phi) is 8.10. The molecule has 2 aliphatic rings. The smallest absolute Gasteiger partial charge is 0.398 e. The summed E-state index contributed by atoms with van der Waals surface area (Å²) in [5, 5.41) is -6.16. The second-order valence-electron chi connectivity index (χ2n) is 9.35. The van der Waals surface area contributed by atoms with Crippen LogP contribution in [0.25, 0.3) is 0 Å². The van der Waals surface area contributed by atoms with Crippen LogP contribution in [0.15, 0.2) is 48.5 Å². The van der Waals surface area contributed by atoms with Gasteiger partial charge in [-0.3, -0.25) is 9.59 Å². The first kappa shape index (κ1) is 28.3. The number of hydrogen-bond donors (Lipinski definition) is 0. The Morgan fingerprint density at radius 1 is 0.692 bits per heavy atom. The molecule has 11 heteroatoms. The maximum absolute atomic E-state index is 14.7. The van der Waals surface area contributed by atoms with Crippen molar-refractivity contribution in [1.82, 2.24) is 0 Å². The van der Waals surface area contributed by atoms with Crippen molar-refractivity contribution in [3.8, 4) is 0 Å². The molecule has 2 aromatic rings. The number of esters is 4. The maximum Gasteiger partial charge on any atom is 0.398 e. The van der Waals surface area contributed by atoms with Gasteiger partial charge >= 0.3 is 44.0 Å². The number of carbonyl (C=O) groups is 4. The minimum absolute atomic E-state index is 0.162. The lowest BCUT2D eigenvalue weighted by Crippen LogP contribution is -2.53. The number of hydrogen-bond acceptors (Lipinski definition) is 10. The van der Waals surface area contributed by atoms with Gasteiger partial charge in [0, 0.05) is 12.8 Å². The van der Waals surface area contributed by atoms with Gasteiger partial charge in [0.2, 0.25) is 0 Å². The zero-order chi connectivity index (χ0) is 28.3. The Balaban J connectivity index is 1.90. The van der Waals surface area contributed by atoms with Crippen LogP contribution in [0.2, 0.25) is 0 Å². The number of cyclic esters (lactones) is 2. The van der Waals surface area contributed by atoms with Crippen LogP contribution in [-0.4, -0.2) is 32.3 Å². The van der Waals surface area contributed by atoms with Crippen LogP contribution >= 0.6 is 0 Å². The van der Waals surface area contributed by atoms with E-state index >= 15 is 0 Å². The van der Waals surface area contributed by atoms with Gasteiger partial charge in [0.25, 0.3) is 0 Å². The van der Waals surface area contributed by atoms with Crippen molar-refractivity contribution in [1.29, 1.82) is 0 Å². The second-order valence-corrected chi connectivity index (χ2v) is 11.4. The molecule has 0 aliphatic carbocycles. The number of unbranched alkanes of at least 4 members (excludes halogenated alkanes) is 4. The maximum atomic E-state index is 14.7. The van der Waals surface area contributed by atoms with E-state index in [9.17, 15) is 27.6 Å². The highest BCUT2D eigenvalue weighted by Crippen LogP contribution is 2.53. The van der Waals surface area contributed by atoms with E-state index in [0.717, 1.165) is 12.8 Å². The zero-order valence-electron chi connectivity index (χ0n) is 21.8. The summed E-state index contributed by atoms with van der Waals surface area (Å²) in [5.74, 6) is -4.06. The molecule has 0 radical (unpaired) electrons. The summed E-state index contributed by atoms with van der Waals surface area (Å²) in [6.45, 7) is 3.85. The molecule has 39 heavy (non-hydrogen) atoms. The van der Waals surface area contributed by atoms with Crippen LogP contribution in [0, 0.1) is 0 Å². The molecule has 0 fully saturated rings. The fourth-order valence-electron chi connectivity index (χ4n) is 4.60. The highest BCUT2D eigenvalue weighted by molar-refractivity contribution is 7.92. The third kappa shape index (κ3) is 4.80. The third-order valence-electron chi connectivity index (χ3n) is 6.58. The van der Waals surface area contributed by atoms with Gasteiger partial charge in [0.05, 0.1) is 22.3 Å². The van der Waals surface area contributed by atoms with Crippen LogP contribution in [0.4, 0.5) is 0 Å². The van der Waals surface area contributed by atoms with Crippen molar-refractivity contribution in [2.24, 2.45) is 0 Å². The fraction of sp³-hybridized carbons (Fsp3) is 0.429. The molecule has 0 spiro atoms. The van der Waals surface area contributed by atoms with Gasteiger partial charge in [0.15, 0.2) is 0 Å². The Bertz CT molecular complexity index is 1300. The average Bonchev–Trinajstić information content (AvgIpc) is 3.37. The van der Waals surface area contributed by atoms with Gasteiger partial charge in [-0.25, -0.2) is 18.0 Å². The van der Waals surface area contributed by atoms with Crippen LogP contribution in [0.5, 0.6) is 0 Å². The minimum atomic E-state index is -5.38. The molecule has 0 amide bonds. The Labute approximate surface area is 226 Å². The number of carbonyl (C=O) groups excluding carboxylic acids is 4. The van der Waals surface area contributed by atoms with E-state index in [-0.39, 0.29) is 35.1 Å². The molecule has 2 heterocycles. The molecule has 2 aromatic carbocycles. The monoisotopic (exact) mass is 558 g/mol. The largest absolute Gasteiger partial charge is 0.404 e. The van der Waals surface area contributed by atoms with Crippen LogP contribution < -0.4 is 0 Å². The van der Waals surface area contributed by atoms with Gasteiger partial charge in [-0.1, -0.05) is 63.8 Å². The van der Waals surface area contributed by atoms with Gasteiger partial charge in [-0.05, 0) is 37.1 Å². The number of benzene rings is 2. The molecule has 10 nitrogen and oxygen atoms in total. The van der Waals surface area contributed by atoms with Gasteiger partial charge in [0.1, 0.15) is 0 Å². The Morgan fingerprint density at radius 2 is 1.08 bits per heavy atom. The molecule has 0 aromatic heterocycles. The molecule has 0 N–H and O–H groups in total. The average molecular weight is 559 g/mol. The predicted octanol–water partition coefficient (Wildman–Crippen LogP) is 4.61. The number of ether oxygens (including phenoxy) is 4. The molecular formula is C28H30O10S. The van der Waals surface area contributed by atoms with E-state index < -0.39 is 44.0 Å². The van der Waals surface area contributed by atoms with Crippen LogP contribution in [-0.2, 0) is 48.6 Å². The van der Waals surface area contributed by atoms with E-state index in [1.165, 1.54) is 48.5 Å². The molecule has 0 saturated heterocycles. The van der Waals surface area contributed by atoms with Crippen molar-refractivity contribution >= 4 is 33.7 Å². The lowest BCUT2D eigenvalue weighted by atomic mass is 10.1. The molecule has 2 unspecified atom stereocenters. The molecular weight excluding hydrogens is 528 g/mol. The van der Waals surface area contributed by atoms with Crippen LogP contribution in [0.3, 0.4) is 0 Å². The van der Waals surface area contributed by atoms with E-state index in [2.05, 4.69) is 0 Å². The van der Waals surface area contributed by atoms with Crippen molar-refractivity contribution < 1.29 is 46.5 Å². The SMILES string of the molecule is CCCCCC(=O)OC1(S(=O)(=O)C2(OC(=O)CCCCC)OC(=O)c3ccccc32)OC(=O)c2ccccc21. The zero-order valence-corrected chi connectivity index (χ0v) is 22.6. The van der Waals surface area contributed by atoms with Gasteiger partial charge < -0.3 is 18.9 Å². The Hall–Kier alpha value is -3.73. The molecule has 2 atom stereocenters. The second kappa shape index (κ2) is 11.2. The topological polar surface area (TPSA) is 139 Å². The number of fused-ring (bicyclic) bond motifs is 2. The number of sulfone groups is 1. The van der Waals surface area contributed by atoms with E-state index in [0.29, 0.717) is 25.7 Å². The molecule has 4 rings (SSSR count). The first-order chi connectivity index (χ1) is 18.6. The first-order valence-electron chi connectivity index (χ1n) is 13.0. The summed E-state index contributed by atoms with van der Waals surface area (Å²) in [4.78, 5) is 51.8. The normalized spacial score (nSPS) is 21.5. The molecule has 0 saturated carbocycles. The van der Waals surface area contributed by atoms with Crippen molar-refractivity contribution in [2.45, 2.75) is 75.5 Å².